The number of aryl methyl sites for hydroxylation is 1. The van der Waals surface area contributed by atoms with Gasteiger partial charge in [-0.15, -0.1) is 6.58 Å². The summed E-state index contributed by atoms with van der Waals surface area (Å²) in [6, 6.07) is 1.99. The molecule has 3 fully saturated rings. The molecule has 1 aromatic carbocycles. The van der Waals surface area contributed by atoms with Crippen LogP contribution in [-0.2, 0) is 53.4 Å². The van der Waals surface area contributed by atoms with E-state index < -0.39 is 99.4 Å². The third-order valence-corrected chi connectivity index (χ3v) is 12.4. The number of fused-ring (bicyclic) bond motifs is 3. The van der Waals surface area contributed by atoms with Crippen molar-refractivity contribution in [1.82, 2.24) is 25.2 Å². The van der Waals surface area contributed by atoms with Crippen molar-refractivity contribution in [2.24, 2.45) is 11.3 Å². The van der Waals surface area contributed by atoms with Crippen molar-refractivity contribution < 1.29 is 55.0 Å². The lowest BCUT2D eigenvalue weighted by Gasteiger charge is -2.30. The average Bonchev–Trinajstić information content (AvgIpc) is 3.96. The van der Waals surface area contributed by atoms with E-state index in [4.69, 9.17) is 9.47 Å². The van der Waals surface area contributed by atoms with Gasteiger partial charge >= 0.3 is 18.4 Å². The summed E-state index contributed by atoms with van der Waals surface area (Å²) in [6.45, 7) is 7.15. The van der Waals surface area contributed by atoms with E-state index in [1.165, 1.54) is 11.0 Å². The van der Waals surface area contributed by atoms with Crippen molar-refractivity contribution in [1.29, 1.82) is 0 Å². The quantitative estimate of drug-likeness (QED) is 0.352. The molecule has 5 amide bonds. The fourth-order valence-corrected chi connectivity index (χ4v) is 8.74. The summed E-state index contributed by atoms with van der Waals surface area (Å²) in [5.74, 6) is -3.98. The molecule has 0 spiro atoms. The Hall–Kier alpha value is -4.35. The van der Waals surface area contributed by atoms with Crippen LogP contribution in [0.15, 0.2) is 30.9 Å². The van der Waals surface area contributed by atoms with Gasteiger partial charge in [0.2, 0.25) is 21.8 Å². The molecule has 53 heavy (non-hydrogen) atoms. The Morgan fingerprint density at radius 1 is 1.13 bits per heavy atom. The number of nitrogens with one attached hydrogen (secondary N) is 3. The number of alkyl carbamates (subject to hydrolysis) is 1. The van der Waals surface area contributed by atoms with Gasteiger partial charge in [-0.3, -0.25) is 24.0 Å². The van der Waals surface area contributed by atoms with Crippen molar-refractivity contribution in [3.8, 4) is 0 Å². The molecule has 2 saturated carbocycles. The normalized spacial score (nSPS) is 29.1. The topological polar surface area (TPSA) is 181 Å². The minimum Gasteiger partial charge on any atom is -0.449 e. The first-order chi connectivity index (χ1) is 24.8. The minimum atomic E-state index is -4.94. The Bertz CT molecular complexity index is 1800. The molecule has 1 aromatic rings. The van der Waals surface area contributed by atoms with Gasteiger partial charge in [0.15, 0.2) is 0 Å². The third kappa shape index (κ3) is 8.57. The van der Waals surface area contributed by atoms with Crippen LogP contribution in [-0.4, -0.2) is 96.4 Å². The zero-order chi connectivity index (χ0) is 38.5. The maximum absolute atomic E-state index is 14.0. The third-order valence-electron chi connectivity index (χ3n) is 10.6. The molecule has 4 bridgehead atoms. The number of carbonyl (C=O) groups excluding carboxylic acids is 5. The number of nitrogens with zero attached hydrogens (tertiary/aromatic N) is 2. The molecule has 14 nitrogen and oxygen atoms in total. The molecule has 0 unspecified atom stereocenters. The molecule has 3 N–H and O–H groups in total. The Balaban J connectivity index is 1.29. The molecule has 6 rings (SSSR count). The van der Waals surface area contributed by atoms with Crippen molar-refractivity contribution >= 4 is 39.9 Å². The number of ether oxygens (including phenoxy) is 2. The molecule has 2 aliphatic carbocycles. The first-order valence-corrected chi connectivity index (χ1v) is 19.2. The van der Waals surface area contributed by atoms with E-state index in [0.717, 1.165) is 21.6 Å². The van der Waals surface area contributed by atoms with E-state index in [-0.39, 0.29) is 32.5 Å². The number of sulfonamides is 1. The van der Waals surface area contributed by atoms with E-state index in [1.54, 1.807) is 0 Å². The Kier molecular flexibility index (Phi) is 10.2. The summed E-state index contributed by atoms with van der Waals surface area (Å²) >= 11 is 0. The largest absolute Gasteiger partial charge is 0.449 e. The second-order valence-electron chi connectivity index (χ2n) is 15.5. The Morgan fingerprint density at radius 3 is 2.51 bits per heavy atom. The van der Waals surface area contributed by atoms with Gasteiger partial charge in [-0.05, 0) is 60.6 Å². The second kappa shape index (κ2) is 14.1. The number of hydrogen-bond donors (Lipinski definition) is 3. The number of cyclic esters (lactones) is 1. The molecule has 0 aromatic heterocycles. The van der Waals surface area contributed by atoms with Gasteiger partial charge in [0, 0.05) is 25.4 Å². The maximum Gasteiger partial charge on any atom is 0.410 e. The van der Waals surface area contributed by atoms with Gasteiger partial charge < -0.3 is 25.0 Å². The fraction of sp³-hybridized carbons (Fsp3) is 0.629. The highest BCUT2D eigenvalue weighted by Crippen LogP contribution is 2.45. The number of amides is 5. The van der Waals surface area contributed by atoms with Crippen LogP contribution in [0, 0.1) is 11.3 Å². The Morgan fingerprint density at radius 2 is 1.85 bits per heavy atom. The predicted octanol–water partition coefficient (Wildman–Crippen LogP) is 3.19. The monoisotopic (exact) mass is 767 g/mol. The van der Waals surface area contributed by atoms with Crippen LogP contribution in [0.4, 0.5) is 22.8 Å². The first kappa shape index (κ1) is 38.4. The molecular formula is C35H44F3N5O9S. The van der Waals surface area contributed by atoms with E-state index in [1.807, 2.05) is 42.1 Å². The average molecular weight is 768 g/mol. The van der Waals surface area contributed by atoms with Crippen LogP contribution in [0.1, 0.15) is 75.5 Å². The van der Waals surface area contributed by atoms with Gasteiger partial charge in [-0.2, -0.15) is 13.2 Å². The van der Waals surface area contributed by atoms with Crippen LogP contribution in [0.2, 0.25) is 0 Å². The van der Waals surface area contributed by atoms with Gasteiger partial charge in [0.1, 0.15) is 23.7 Å². The highest BCUT2D eigenvalue weighted by atomic mass is 32.2. The zero-order valence-corrected chi connectivity index (χ0v) is 30.3. The fourth-order valence-electron chi connectivity index (χ4n) is 7.37. The summed E-state index contributed by atoms with van der Waals surface area (Å²) in [5, 5.41) is 3.82. The van der Waals surface area contributed by atoms with E-state index in [0.29, 0.717) is 32.1 Å². The lowest BCUT2D eigenvalue weighted by atomic mass is 9.86. The van der Waals surface area contributed by atoms with Crippen LogP contribution in [0.25, 0.3) is 0 Å². The molecular weight excluding hydrogens is 723 g/mol. The molecule has 18 heteroatoms. The summed E-state index contributed by atoms with van der Waals surface area (Å²) in [7, 11) is -4.02. The molecule has 1 saturated heterocycles. The Labute approximate surface area is 305 Å². The molecule has 5 atom stereocenters. The van der Waals surface area contributed by atoms with E-state index >= 15 is 0 Å². The van der Waals surface area contributed by atoms with Gasteiger partial charge in [0.25, 0.3) is 5.91 Å². The van der Waals surface area contributed by atoms with Gasteiger partial charge in [-0.1, -0.05) is 38.1 Å². The number of benzene rings is 1. The lowest BCUT2D eigenvalue weighted by molar-refractivity contribution is -0.156. The zero-order valence-electron chi connectivity index (χ0n) is 29.5. The summed E-state index contributed by atoms with van der Waals surface area (Å²) in [6.07, 6.45) is -6.24. The number of halogens is 3. The van der Waals surface area contributed by atoms with Crippen LogP contribution in [0.5, 0.6) is 0 Å². The highest BCUT2D eigenvalue weighted by Gasteiger charge is 2.62. The van der Waals surface area contributed by atoms with Gasteiger partial charge in [0.05, 0.1) is 24.8 Å². The van der Waals surface area contributed by atoms with E-state index in [2.05, 4.69) is 11.9 Å². The van der Waals surface area contributed by atoms with Crippen LogP contribution < -0.4 is 15.4 Å². The summed E-state index contributed by atoms with van der Waals surface area (Å²) < 4.78 is 79.9. The number of hydrogen-bond acceptors (Lipinski definition) is 9. The molecule has 3 heterocycles. The van der Waals surface area contributed by atoms with Crippen molar-refractivity contribution in [2.75, 3.05) is 13.2 Å². The minimum absolute atomic E-state index is 0.0225. The number of carbonyl (C=O) groups is 5. The molecule has 5 aliphatic rings. The second-order valence-corrected chi connectivity index (χ2v) is 17.4. The van der Waals surface area contributed by atoms with E-state index in [9.17, 15) is 45.6 Å². The lowest BCUT2D eigenvalue weighted by Crippen LogP contribution is -2.58. The number of alkyl halides is 3. The molecule has 3 aliphatic heterocycles. The van der Waals surface area contributed by atoms with Crippen molar-refractivity contribution in [3.63, 3.8) is 0 Å². The molecule has 290 valence electrons. The molecule has 0 radical (unpaired) electrons. The summed E-state index contributed by atoms with van der Waals surface area (Å²) in [4.78, 5) is 70.0. The van der Waals surface area contributed by atoms with Crippen LogP contribution >= 0.6 is 0 Å². The standard InChI is InChI=1S/C35H44F3N5O9S/c1-4-22-14-34(22,30(46)41-53(49,50)24-10-11-24)40-28(44)27-13-23-17-43(27)29(45)26(15-35(36,37)38)39-31(47)51-19-33(2,3)12-6-9-20-7-5-8-21-16-42(18-25(20)21)32(48)52-23/h4-5,7-8,22-24,26-27H,1,6,9-19H2,2-3H3,(H,39,47)(H,40,44)(H,41,46)/t22-,23+,26-,27-,34+/m0/s1. The first-order valence-electron chi connectivity index (χ1n) is 17.7. The van der Waals surface area contributed by atoms with Crippen LogP contribution in [0.3, 0.4) is 0 Å². The predicted molar refractivity (Wildman–Crippen MR) is 181 cm³/mol. The smallest absolute Gasteiger partial charge is 0.410 e. The van der Waals surface area contributed by atoms with Gasteiger partial charge in [-0.25, -0.2) is 18.0 Å². The SMILES string of the molecule is C=C[C@H]1C[C@]1(NC(=O)[C@@H]1C[C@@H]2CN1C(=O)[C@H](CC(F)(F)F)NC(=O)OCC(C)(C)CCCc1cccc3c1CN(C3)C(=O)O2)C(=O)NS(=O)(=O)C1CC1. The number of rotatable bonds is 7. The summed E-state index contributed by atoms with van der Waals surface area (Å²) in [5.41, 5.74) is 0.608. The van der Waals surface area contributed by atoms with Crippen molar-refractivity contribution in [2.45, 2.75) is 113 Å². The van der Waals surface area contributed by atoms with Crippen molar-refractivity contribution in [3.05, 3.63) is 47.5 Å². The highest BCUT2D eigenvalue weighted by molar-refractivity contribution is 7.91. The maximum atomic E-state index is 14.0.